The Kier molecular flexibility index (Phi) is 3.60. The molecule has 0 unspecified atom stereocenters. The Morgan fingerprint density at radius 2 is 2.00 bits per heavy atom. The SMILES string of the molecule is C[C@H](Oc1nc2c(c(N3CCC(F)(F)C3)n1)N=NC2)C(F)(F)F. The summed E-state index contributed by atoms with van der Waals surface area (Å²) >= 11 is 0. The first kappa shape index (κ1) is 15.8. The van der Waals surface area contributed by atoms with Crippen LogP contribution in [0.4, 0.5) is 33.5 Å². The second kappa shape index (κ2) is 5.24. The highest BCUT2D eigenvalue weighted by Gasteiger charge is 2.41. The third kappa shape index (κ3) is 3.17. The average Bonchev–Trinajstić information content (AvgIpc) is 3.02. The summed E-state index contributed by atoms with van der Waals surface area (Å²) in [5.74, 6) is -2.86. The number of fused-ring (bicyclic) bond motifs is 1. The molecule has 3 rings (SSSR count). The highest BCUT2D eigenvalue weighted by molar-refractivity contribution is 5.66. The molecule has 11 heteroatoms. The van der Waals surface area contributed by atoms with Crippen molar-refractivity contribution in [3.05, 3.63) is 5.69 Å². The summed E-state index contributed by atoms with van der Waals surface area (Å²) in [6, 6.07) is -0.522. The summed E-state index contributed by atoms with van der Waals surface area (Å²) in [4.78, 5) is 8.95. The molecule has 0 bridgehead atoms. The van der Waals surface area contributed by atoms with Crippen LogP contribution in [0.15, 0.2) is 10.2 Å². The first-order valence-corrected chi connectivity index (χ1v) is 6.80. The molecule has 0 aliphatic carbocycles. The van der Waals surface area contributed by atoms with Crippen molar-refractivity contribution < 1.29 is 26.7 Å². The molecule has 0 amide bonds. The number of anilines is 1. The number of halogens is 5. The molecular weight excluding hydrogens is 325 g/mol. The average molecular weight is 337 g/mol. The van der Waals surface area contributed by atoms with E-state index in [0.29, 0.717) is 0 Å². The molecule has 0 radical (unpaired) electrons. The van der Waals surface area contributed by atoms with E-state index in [1.165, 1.54) is 4.90 Å². The van der Waals surface area contributed by atoms with E-state index < -0.39 is 30.8 Å². The van der Waals surface area contributed by atoms with E-state index in [9.17, 15) is 22.0 Å². The summed E-state index contributed by atoms with van der Waals surface area (Å²) in [7, 11) is 0. The lowest BCUT2D eigenvalue weighted by atomic mass is 10.3. The largest absolute Gasteiger partial charge is 0.451 e. The lowest BCUT2D eigenvalue weighted by Crippen LogP contribution is -2.32. The van der Waals surface area contributed by atoms with Gasteiger partial charge in [-0.3, -0.25) is 0 Å². The molecule has 2 aliphatic heterocycles. The lowest BCUT2D eigenvalue weighted by Gasteiger charge is -2.21. The van der Waals surface area contributed by atoms with E-state index in [1.54, 1.807) is 0 Å². The van der Waals surface area contributed by atoms with E-state index in [2.05, 4.69) is 20.2 Å². The molecular formula is C12H12F5N5O. The fourth-order valence-corrected chi connectivity index (χ4v) is 2.27. The molecule has 1 aromatic heterocycles. The van der Waals surface area contributed by atoms with E-state index in [4.69, 9.17) is 4.74 Å². The third-order valence-corrected chi connectivity index (χ3v) is 3.52. The minimum Gasteiger partial charge on any atom is -0.451 e. The van der Waals surface area contributed by atoms with Crippen LogP contribution in [0.1, 0.15) is 19.0 Å². The Hall–Kier alpha value is -2.07. The smallest absolute Gasteiger partial charge is 0.425 e. The molecule has 2 aliphatic rings. The number of alkyl halides is 5. The van der Waals surface area contributed by atoms with Gasteiger partial charge in [-0.25, -0.2) is 8.78 Å². The highest BCUT2D eigenvalue weighted by Crippen LogP contribution is 2.40. The summed E-state index contributed by atoms with van der Waals surface area (Å²) in [5.41, 5.74) is 0.462. The fourth-order valence-electron chi connectivity index (χ4n) is 2.27. The van der Waals surface area contributed by atoms with Crippen molar-refractivity contribution in [1.29, 1.82) is 0 Å². The van der Waals surface area contributed by atoms with Crippen molar-refractivity contribution in [3.8, 4) is 6.01 Å². The number of hydrogen-bond donors (Lipinski definition) is 0. The topological polar surface area (TPSA) is 63.0 Å². The van der Waals surface area contributed by atoms with E-state index in [0.717, 1.165) is 6.92 Å². The third-order valence-electron chi connectivity index (χ3n) is 3.52. The number of rotatable bonds is 3. The quantitative estimate of drug-likeness (QED) is 0.795. The normalized spacial score (nSPS) is 20.7. The van der Waals surface area contributed by atoms with Crippen LogP contribution in [0.2, 0.25) is 0 Å². The molecule has 1 atom stereocenters. The molecule has 0 aromatic carbocycles. The minimum atomic E-state index is -4.59. The predicted octanol–water partition coefficient (Wildman–Crippen LogP) is 3.25. The van der Waals surface area contributed by atoms with Gasteiger partial charge in [-0.1, -0.05) is 0 Å². The van der Waals surface area contributed by atoms with Gasteiger partial charge in [-0.05, 0) is 6.92 Å². The Bertz CT molecular complexity index is 647. The zero-order valence-corrected chi connectivity index (χ0v) is 11.9. The molecule has 0 spiro atoms. The van der Waals surface area contributed by atoms with Gasteiger partial charge in [-0.2, -0.15) is 28.3 Å². The molecule has 126 valence electrons. The van der Waals surface area contributed by atoms with E-state index in [1.807, 2.05) is 0 Å². The fraction of sp³-hybridized carbons (Fsp3) is 0.667. The van der Waals surface area contributed by atoms with Gasteiger partial charge in [0.05, 0.1) is 6.54 Å². The van der Waals surface area contributed by atoms with Crippen molar-refractivity contribution in [2.45, 2.75) is 38.1 Å². The maximum Gasteiger partial charge on any atom is 0.425 e. The van der Waals surface area contributed by atoms with Gasteiger partial charge in [-0.15, -0.1) is 5.11 Å². The van der Waals surface area contributed by atoms with Crippen LogP contribution in [0, 0.1) is 0 Å². The number of aromatic nitrogens is 2. The maximum absolute atomic E-state index is 13.4. The highest BCUT2D eigenvalue weighted by atomic mass is 19.4. The lowest BCUT2D eigenvalue weighted by molar-refractivity contribution is -0.190. The van der Waals surface area contributed by atoms with Crippen LogP contribution in [-0.2, 0) is 6.54 Å². The zero-order chi connectivity index (χ0) is 16.8. The maximum atomic E-state index is 13.4. The van der Waals surface area contributed by atoms with Gasteiger partial charge in [0.1, 0.15) is 12.2 Å². The summed E-state index contributed by atoms with van der Waals surface area (Å²) in [6.45, 7) is 0.293. The van der Waals surface area contributed by atoms with Gasteiger partial charge in [0.15, 0.2) is 17.6 Å². The predicted molar refractivity (Wildman–Crippen MR) is 68.2 cm³/mol. The number of nitrogens with zero attached hydrogens (tertiary/aromatic N) is 5. The molecule has 1 saturated heterocycles. The van der Waals surface area contributed by atoms with Crippen molar-refractivity contribution in [3.63, 3.8) is 0 Å². The molecule has 6 nitrogen and oxygen atoms in total. The molecule has 23 heavy (non-hydrogen) atoms. The van der Waals surface area contributed by atoms with Crippen LogP contribution in [0.5, 0.6) is 6.01 Å². The number of hydrogen-bond acceptors (Lipinski definition) is 6. The number of ether oxygens (including phenoxy) is 1. The first-order chi connectivity index (χ1) is 10.7. The van der Waals surface area contributed by atoms with Gasteiger partial charge < -0.3 is 9.64 Å². The number of azo groups is 1. The molecule has 1 fully saturated rings. The van der Waals surface area contributed by atoms with Gasteiger partial charge in [0, 0.05) is 13.0 Å². The van der Waals surface area contributed by atoms with Gasteiger partial charge in [0.25, 0.3) is 5.92 Å². The zero-order valence-electron chi connectivity index (χ0n) is 11.9. The van der Waals surface area contributed by atoms with Crippen molar-refractivity contribution in [2.75, 3.05) is 18.0 Å². The Morgan fingerprint density at radius 3 is 2.61 bits per heavy atom. The Morgan fingerprint density at radius 1 is 1.26 bits per heavy atom. The van der Waals surface area contributed by atoms with Crippen LogP contribution < -0.4 is 9.64 Å². The standard InChI is InChI=1S/C12H12F5N5O/c1-6(12(15,16)17)23-10-19-7-4-18-21-8(7)9(20-10)22-3-2-11(13,14)5-22/h6H,2-5H2,1H3/t6-/m0/s1. The Balaban J connectivity index is 1.91. The van der Waals surface area contributed by atoms with Crippen LogP contribution in [0.3, 0.4) is 0 Å². The molecule has 1 aromatic rings. The molecule has 0 saturated carbocycles. The van der Waals surface area contributed by atoms with Crippen LogP contribution in [0.25, 0.3) is 0 Å². The summed E-state index contributed by atoms with van der Waals surface area (Å²) in [6.07, 6.45) is -7.07. The van der Waals surface area contributed by atoms with E-state index >= 15 is 0 Å². The molecule has 0 N–H and O–H groups in total. The summed E-state index contributed by atoms with van der Waals surface area (Å²) < 4.78 is 69.2. The van der Waals surface area contributed by atoms with Crippen molar-refractivity contribution >= 4 is 11.5 Å². The van der Waals surface area contributed by atoms with E-state index in [-0.39, 0.29) is 36.7 Å². The summed E-state index contributed by atoms with van der Waals surface area (Å²) in [5, 5.41) is 7.52. The van der Waals surface area contributed by atoms with Crippen LogP contribution >= 0.6 is 0 Å². The molecule has 3 heterocycles. The van der Waals surface area contributed by atoms with Gasteiger partial charge in [0.2, 0.25) is 0 Å². The monoisotopic (exact) mass is 337 g/mol. The first-order valence-electron chi connectivity index (χ1n) is 6.80. The van der Waals surface area contributed by atoms with Crippen molar-refractivity contribution in [1.82, 2.24) is 9.97 Å². The van der Waals surface area contributed by atoms with Gasteiger partial charge >= 0.3 is 12.2 Å². The second-order valence-corrected chi connectivity index (χ2v) is 5.35. The Labute approximate surface area is 127 Å². The second-order valence-electron chi connectivity index (χ2n) is 5.35. The minimum absolute atomic E-state index is 0.0141. The van der Waals surface area contributed by atoms with Crippen molar-refractivity contribution in [2.24, 2.45) is 10.2 Å². The van der Waals surface area contributed by atoms with Crippen LogP contribution in [-0.4, -0.2) is 41.3 Å².